The number of aryl methyl sites for hydroxylation is 1. The van der Waals surface area contributed by atoms with Gasteiger partial charge in [0, 0.05) is 20.5 Å². The molecule has 0 saturated heterocycles. The molecule has 0 radical (unpaired) electrons. The summed E-state index contributed by atoms with van der Waals surface area (Å²) in [6.45, 7) is 0.494. The standard InChI is InChI=1S/C12H15ClN4O2/c1-17(2)11-14-10(13)15-12(16-11)19-8-4-6-9-5-3-7-18-9/h3,5,7H,4,6,8H2,1-2H3. The normalized spacial score (nSPS) is 10.5. The Bertz CT molecular complexity index is 516. The molecule has 2 aromatic rings. The quantitative estimate of drug-likeness (QED) is 0.757. The monoisotopic (exact) mass is 282 g/mol. The highest BCUT2D eigenvalue weighted by Gasteiger charge is 2.07. The number of ether oxygens (including phenoxy) is 1. The Morgan fingerprint density at radius 1 is 1.32 bits per heavy atom. The first-order valence-electron chi connectivity index (χ1n) is 5.89. The van der Waals surface area contributed by atoms with Crippen LogP contribution in [0.1, 0.15) is 12.2 Å². The van der Waals surface area contributed by atoms with E-state index >= 15 is 0 Å². The van der Waals surface area contributed by atoms with Gasteiger partial charge in [-0.2, -0.15) is 15.0 Å². The molecule has 2 aromatic heterocycles. The van der Waals surface area contributed by atoms with Crippen molar-refractivity contribution in [2.24, 2.45) is 0 Å². The predicted octanol–water partition coefficient (Wildman–Crippen LogP) is 2.20. The molecule has 7 heteroatoms. The summed E-state index contributed by atoms with van der Waals surface area (Å²) in [6, 6.07) is 4.04. The Morgan fingerprint density at radius 2 is 2.16 bits per heavy atom. The van der Waals surface area contributed by atoms with Gasteiger partial charge in [0.1, 0.15) is 5.76 Å². The minimum Gasteiger partial charge on any atom is -0.469 e. The molecule has 0 aliphatic heterocycles. The van der Waals surface area contributed by atoms with Crippen molar-refractivity contribution in [2.45, 2.75) is 12.8 Å². The van der Waals surface area contributed by atoms with Crippen molar-refractivity contribution in [2.75, 3.05) is 25.6 Å². The Morgan fingerprint density at radius 3 is 2.84 bits per heavy atom. The highest BCUT2D eigenvalue weighted by atomic mass is 35.5. The zero-order valence-corrected chi connectivity index (χ0v) is 11.6. The molecule has 0 spiro atoms. The number of halogens is 1. The molecule has 2 rings (SSSR count). The minimum absolute atomic E-state index is 0.125. The van der Waals surface area contributed by atoms with Crippen molar-refractivity contribution in [3.63, 3.8) is 0 Å². The molecule has 19 heavy (non-hydrogen) atoms. The van der Waals surface area contributed by atoms with Gasteiger partial charge in [-0.1, -0.05) is 0 Å². The average Bonchev–Trinajstić information content (AvgIpc) is 2.87. The second kappa shape index (κ2) is 6.38. The van der Waals surface area contributed by atoms with E-state index in [-0.39, 0.29) is 11.3 Å². The fraction of sp³-hybridized carbons (Fsp3) is 0.417. The summed E-state index contributed by atoms with van der Waals surface area (Å²) in [5, 5.41) is 0.125. The molecule has 0 fully saturated rings. The van der Waals surface area contributed by atoms with Crippen molar-refractivity contribution >= 4 is 17.5 Å². The van der Waals surface area contributed by atoms with E-state index in [1.165, 1.54) is 0 Å². The summed E-state index contributed by atoms with van der Waals surface area (Å²) >= 11 is 5.80. The van der Waals surface area contributed by atoms with Crippen LogP contribution in [0.25, 0.3) is 0 Å². The van der Waals surface area contributed by atoms with E-state index in [0.717, 1.165) is 18.6 Å². The van der Waals surface area contributed by atoms with Crippen molar-refractivity contribution in [1.29, 1.82) is 0 Å². The van der Waals surface area contributed by atoms with Crippen molar-refractivity contribution in [3.8, 4) is 6.01 Å². The first-order chi connectivity index (χ1) is 9.15. The van der Waals surface area contributed by atoms with E-state index in [4.69, 9.17) is 20.8 Å². The zero-order valence-electron chi connectivity index (χ0n) is 10.8. The maximum absolute atomic E-state index is 5.80. The van der Waals surface area contributed by atoms with Gasteiger partial charge in [0.2, 0.25) is 11.2 Å². The lowest BCUT2D eigenvalue weighted by Gasteiger charge is -2.11. The van der Waals surface area contributed by atoms with Gasteiger partial charge in [-0.05, 0) is 30.2 Å². The Hall–Kier alpha value is -1.82. The third kappa shape index (κ3) is 4.10. The van der Waals surface area contributed by atoms with Crippen LogP contribution in [0.2, 0.25) is 5.28 Å². The van der Waals surface area contributed by atoms with Crippen molar-refractivity contribution in [3.05, 3.63) is 29.4 Å². The lowest BCUT2D eigenvalue weighted by atomic mass is 10.3. The van der Waals surface area contributed by atoms with Crippen LogP contribution in [-0.4, -0.2) is 35.7 Å². The Kier molecular flexibility index (Phi) is 4.57. The fourth-order valence-corrected chi connectivity index (χ4v) is 1.60. The summed E-state index contributed by atoms with van der Waals surface area (Å²) in [5.74, 6) is 1.41. The molecule has 0 atom stereocenters. The average molecular weight is 283 g/mol. The molecule has 6 nitrogen and oxygen atoms in total. The molecule has 0 N–H and O–H groups in total. The van der Waals surface area contributed by atoms with Gasteiger partial charge in [-0.3, -0.25) is 0 Å². The maximum atomic E-state index is 5.80. The molecular weight excluding hydrogens is 268 g/mol. The minimum atomic E-state index is 0.125. The van der Waals surface area contributed by atoms with Gasteiger partial charge in [-0.25, -0.2) is 0 Å². The third-order valence-corrected chi connectivity index (χ3v) is 2.52. The van der Waals surface area contributed by atoms with Crippen LogP contribution in [-0.2, 0) is 6.42 Å². The van der Waals surface area contributed by atoms with E-state index in [9.17, 15) is 0 Å². The van der Waals surface area contributed by atoms with E-state index in [0.29, 0.717) is 12.6 Å². The van der Waals surface area contributed by atoms with Crippen LogP contribution >= 0.6 is 11.6 Å². The maximum Gasteiger partial charge on any atom is 0.322 e. The second-order valence-electron chi connectivity index (χ2n) is 4.11. The number of hydrogen-bond donors (Lipinski definition) is 0. The lowest BCUT2D eigenvalue weighted by Crippen LogP contribution is -2.14. The summed E-state index contributed by atoms with van der Waals surface area (Å²) in [7, 11) is 3.65. The molecular formula is C12H15ClN4O2. The highest BCUT2D eigenvalue weighted by Crippen LogP contribution is 2.13. The first-order valence-corrected chi connectivity index (χ1v) is 6.27. The summed E-state index contributed by atoms with van der Waals surface area (Å²) in [5.41, 5.74) is 0. The van der Waals surface area contributed by atoms with Crippen LogP contribution < -0.4 is 9.64 Å². The van der Waals surface area contributed by atoms with Gasteiger partial charge < -0.3 is 14.1 Å². The Balaban J connectivity index is 1.85. The number of rotatable bonds is 6. The predicted molar refractivity (Wildman–Crippen MR) is 71.7 cm³/mol. The molecule has 0 aliphatic carbocycles. The fourth-order valence-electron chi connectivity index (χ4n) is 1.45. The van der Waals surface area contributed by atoms with E-state index in [1.54, 1.807) is 11.2 Å². The number of nitrogens with zero attached hydrogens (tertiary/aromatic N) is 4. The molecule has 0 aliphatic rings. The number of hydrogen-bond acceptors (Lipinski definition) is 6. The topological polar surface area (TPSA) is 64.3 Å². The molecule has 102 valence electrons. The van der Waals surface area contributed by atoms with Crippen LogP contribution in [0.15, 0.2) is 22.8 Å². The highest BCUT2D eigenvalue weighted by molar-refractivity contribution is 6.28. The van der Waals surface area contributed by atoms with Crippen LogP contribution in [0.3, 0.4) is 0 Å². The van der Waals surface area contributed by atoms with Crippen LogP contribution in [0.5, 0.6) is 6.01 Å². The Labute approximate surface area is 116 Å². The lowest BCUT2D eigenvalue weighted by molar-refractivity contribution is 0.282. The summed E-state index contributed by atoms with van der Waals surface area (Å²) in [4.78, 5) is 13.8. The molecule has 0 saturated carbocycles. The van der Waals surface area contributed by atoms with E-state index in [1.807, 2.05) is 26.2 Å². The number of aromatic nitrogens is 3. The smallest absolute Gasteiger partial charge is 0.322 e. The summed E-state index contributed by atoms with van der Waals surface area (Å²) in [6.07, 6.45) is 3.28. The molecule has 0 amide bonds. The molecule has 0 aromatic carbocycles. The number of anilines is 1. The zero-order chi connectivity index (χ0) is 13.7. The SMILES string of the molecule is CN(C)c1nc(Cl)nc(OCCCc2ccco2)n1. The molecule has 2 heterocycles. The van der Waals surface area contributed by atoms with Gasteiger partial charge in [0.05, 0.1) is 12.9 Å². The van der Waals surface area contributed by atoms with Gasteiger partial charge in [0.25, 0.3) is 0 Å². The van der Waals surface area contributed by atoms with Gasteiger partial charge >= 0.3 is 6.01 Å². The second-order valence-corrected chi connectivity index (χ2v) is 4.45. The van der Waals surface area contributed by atoms with Gasteiger partial charge in [-0.15, -0.1) is 0 Å². The van der Waals surface area contributed by atoms with Gasteiger partial charge in [0.15, 0.2) is 0 Å². The van der Waals surface area contributed by atoms with Crippen LogP contribution in [0, 0.1) is 0 Å². The van der Waals surface area contributed by atoms with E-state index < -0.39 is 0 Å². The van der Waals surface area contributed by atoms with Crippen molar-refractivity contribution < 1.29 is 9.15 Å². The molecule has 0 bridgehead atoms. The van der Waals surface area contributed by atoms with Crippen molar-refractivity contribution in [1.82, 2.24) is 15.0 Å². The summed E-state index contributed by atoms with van der Waals surface area (Å²) < 4.78 is 10.7. The third-order valence-electron chi connectivity index (χ3n) is 2.35. The molecule has 0 unspecified atom stereocenters. The van der Waals surface area contributed by atoms with Crippen LogP contribution in [0.4, 0.5) is 5.95 Å². The first kappa shape index (κ1) is 13.6. The number of furan rings is 1. The largest absolute Gasteiger partial charge is 0.469 e. The van der Waals surface area contributed by atoms with E-state index in [2.05, 4.69) is 15.0 Å².